The lowest BCUT2D eigenvalue weighted by Gasteiger charge is -2.29. The Bertz CT molecular complexity index is 394. The van der Waals surface area contributed by atoms with Gasteiger partial charge in [-0.05, 0) is 25.0 Å². The van der Waals surface area contributed by atoms with E-state index in [1.54, 1.807) is 0 Å². The summed E-state index contributed by atoms with van der Waals surface area (Å²) in [4.78, 5) is 4.70. The van der Waals surface area contributed by atoms with Crippen LogP contribution in [0, 0.1) is 0 Å². The lowest BCUT2D eigenvalue weighted by atomic mass is 10.1. The van der Waals surface area contributed by atoms with E-state index in [0.29, 0.717) is 6.04 Å². The van der Waals surface area contributed by atoms with Crippen LogP contribution in [0.25, 0.3) is 0 Å². The number of rotatable bonds is 3. The van der Waals surface area contributed by atoms with E-state index in [9.17, 15) is 5.11 Å². The van der Waals surface area contributed by atoms with Crippen LogP contribution in [-0.4, -0.2) is 42.3 Å². The molecule has 3 nitrogen and oxygen atoms in total. The van der Waals surface area contributed by atoms with Gasteiger partial charge >= 0.3 is 0 Å². The molecule has 0 aromatic heterocycles. The molecule has 0 saturated heterocycles. The maximum absolute atomic E-state index is 9.88. The Labute approximate surface area is 110 Å². The van der Waals surface area contributed by atoms with Gasteiger partial charge in [0.15, 0.2) is 0 Å². The lowest BCUT2D eigenvalue weighted by Crippen LogP contribution is -2.41. The molecule has 0 aliphatic carbocycles. The van der Waals surface area contributed by atoms with Crippen LogP contribution in [0.15, 0.2) is 24.3 Å². The molecule has 2 rings (SSSR count). The summed E-state index contributed by atoms with van der Waals surface area (Å²) in [5.74, 6) is 0. The van der Waals surface area contributed by atoms with Crippen molar-refractivity contribution in [2.75, 3.05) is 25.0 Å². The van der Waals surface area contributed by atoms with E-state index in [2.05, 4.69) is 48.0 Å². The zero-order valence-electron chi connectivity index (χ0n) is 11.6. The van der Waals surface area contributed by atoms with E-state index in [-0.39, 0.29) is 6.10 Å². The van der Waals surface area contributed by atoms with Crippen LogP contribution in [-0.2, 0) is 6.54 Å². The Morgan fingerprint density at radius 3 is 2.83 bits per heavy atom. The fourth-order valence-corrected chi connectivity index (χ4v) is 2.65. The second kappa shape index (κ2) is 5.72. The fourth-order valence-electron chi connectivity index (χ4n) is 2.65. The van der Waals surface area contributed by atoms with Crippen molar-refractivity contribution in [3.8, 4) is 0 Å². The molecular formula is C15H24N2O. The quantitative estimate of drug-likeness (QED) is 0.887. The Balaban J connectivity index is 2.20. The number of likely N-dealkylation sites (N-methyl/N-ethyl adjacent to an activating group) is 1. The van der Waals surface area contributed by atoms with E-state index < -0.39 is 0 Å². The highest BCUT2D eigenvalue weighted by atomic mass is 16.3. The van der Waals surface area contributed by atoms with E-state index >= 15 is 0 Å². The molecule has 1 N–H and O–H groups in total. The first kappa shape index (κ1) is 13.4. The molecule has 1 aliphatic heterocycles. The van der Waals surface area contributed by atoms with Crippen molar-refractivity contribution in [1.82, 2.24) is 4.90 Å². The lowest BCUT2D eigenvalue weighted by molar-refractivity contribution is 0.0872. The van der Waals surface area contributed by atoms with Gasteiger partial charge in [-0.1, -0.05) is 25.1 Å². The molecule has 18 heavy (non-hydrogen) atoms. The number of hydrogen-bond acceptors (Lipinski definition) is 3. The molecule has 0 fully saturated rings. The average molecular weight is 248 g/mol. The summed E-state index contributed by atoms with van der Waals surface area (Å²) in [5.41, 5.74) is 2.67. The van der Waals surface area contributed by atoms with Gasteiger partial charge in [0.1, 0.15) is 0 Å². The van der Waals surface area contributed by atoms with Crippen LogP contribution >= 0.6 is 0 Å². The highest BCUT2D eigenvalue weighted by Crippen LogP contribution is 2.26. The number of β-amino-alcohol motifs (C(OH)–C–C–N with tert-alkyl or cyclic N) is 1. The number of aliphatic hydroxyl groups is 1. The summed E-state index contributed by atoms with van der Waals surface area (Å²) >= 11 is 0. The van der Waals surface area contributed by atoms with E-state index in [1.165, 1.54) is 11.3 Å². The van der Waals surface area contributed by atoms with Gasteiger partial charge in [-0.2, -0.15) is 0 Å². The molecule has 1 aromatic carbocycles. The number of hydrogen-bond donors (Lipinski definition) is 1. The van der Waals surface area contributed by atoms with Crippen molar-refractivity contribution < 1.29 is 5.11 Å². The molecule has 3 heteroatoms. The summed E-state index contributed by atoms with van der Waals surface area (Å²) in [5, 5.41) is 9.88. The second-order valence-corrected chi connectivity index (χ2v) is 5.35. The summed E-state index contributed by atoms with van der Waals surface area (Å²) in [6.07, 6.45) is 0.601. The number of fused-ring (bicyclic) bond motifs is 1. The molecule has 100 valence electrons. The number of anilines is 1. The van der Waals surface area contributed by atoms with Crippen molar-refractivity contribution >= 4 is 5.69 Å². The maximum atomic E-state index is 9.88. The van der Waals surface area contributed by atoms with Crippen molar-refractivity contribution in [3.05, 3.63) is 29.8 Å². The van der Waals surface area contributed by atoms with E-state index in [0.717, 1.165) is 26.1 Å². The summed E-state index contributed by atoms with van der Waals surface area (Å²) in [6.45, 7) is 6.98. The Hall–Kier alpha value is -1.06. The number of aliphatic hydroxyl groups excluding tert-OH is 1. The molecule has 1 aromatic rings. The van der Waals surface area contributed by atoms with Crippen LogP contribution in [0.4, 0.5) is 5.69 Å². The van der Waals surface area contributed by atoms with Gasteiger partial charge in [0, 0.05) is 38.4 Å². The molecule has 0 radical (unpaired) electrons. The Kier molecular flexibility index (Phi) is 4.25. The van der Waals surface area contributed by atoms with Gasteiger partial charge in [-0.15, -0.1) is 0 Å². The number of para-hydroxylation sites is 1. The largest absolute Gasteiger partial charge is 0.392 e. The predicted molar refractivity (Wildman–Crippen MR) is 75.9 cm³/mol. The molecule has 2 unspecified atom stereocenters. The van der Waals surface area contributed by atoms with Crippen molar-refractivity contribution in [2.45, 2.75) is 39.0 Å². The third-order valence-electron chi connectivity index (χ3n) is 3.85. The SMILES string of the molecule is CCC(O)CN1Cc2ccccc2N(C)CC1C. The van der Waals surface area contributed by atoms with E-state index in [1.807, 2.05) is 6.92 Å². The molecule has 2 atom stereocenters. The third kappa shape index (κ3) is 2.85. The summed E-state index contributed by atoms with van der Waals surface area (Å²) in [7, 11) is 2.15. The number of nitrogens with zero attached hydrogens (tertiary/aromatic N) is 2. The molecule has 0 spiro atoms. The second-order valence-electron chi connectivity index (χ2n) is 5.35. The van der Waals surface area contributed by atoms with Gasteiger partial charge in [-0.3, -0.25) is 4.90 Å². The predicted octanol–water partition coefficient (Wildman–Crippen LogP) is 2.10. The zero-order valence-corrected chi connectivity index (χ0v) is 11.6. The van der Waals surface area contributed by atoms with E-state index in [4.69, 9.17) is 0 Å². The van der Waals surface area contributed by atoms with Gasteiger partial charge in [0.2, 0.25) is 0 Å². The molecule has 0 amide bonds. The van der Waals surface area contributed by atoms with Crippen molar-refractivity contribution in [2.24, 2.45) is 0 Å². The minimum Gasteiger partial charge on any atom is -0.392 e. The molecule has 1 aliphatic rings. The Morgan fingerprint density at radius 2 is 2.11 bits per heavy atom. The van der Waals surface area contributed by atoms with Crippen LogP contribution < -0.4 is 4.90 Å². The minimum atomic E-state index is -0.219. The first-order valence-electron chi connectivity index (χ1n) is 6.83. The van der Waals surface area contributed by atoms with Crippen molar-refractivity contribution in [1.29, 1.82) is 0 Å². The van der Waals surface area contributed by atoms with Crippen LogP contribution in [0.1, 0.15) is 25.8 Å². The van der Waals surface area contributed by atoms with Crippen LogP contribution in [0.3, 0.4) is 0 Å². The fraction of sp³-hybridized carbons (Fsp3) is 0.600. The van der Waals surface area contributed by atoms with Gasteiger partial charge in [-0.25, -0.2) is 0 Å². The van der Waals surface area contributed by atoms with Crippen LogP contribution in [0.2, 0.25) is 0 Å². The van der Waals surface area contributed by atoms with Gasteiger partial charge in [0.25, 0.3) is 0 Å². The first-order valence-corrected chi connectivity index (χ1v) is 6.83. The van der Waals surface area contributed by atoms with Gasteiger partial charge < -0.3 is 10.0 Å². The highest BCUT2D eigenvalue weighted by molar-refractivity contribution is 5.53. The minimum absolute atomic E-state index is 0.219. The standard InChI is InChI=1S/C15H24N2O/c1-4-14(18)11-17-10-13-7-5-6-8-15(13)16(3)9-12(17)2/h5-8,12,14,18H,4,9-11H2,1-3H3. The Morgan fingerprint density at radius 1 is 1.39 bits per heavy atom. The van der Waals surface area contributed by atoms with Crippen molar-refractivity contribution in [3.63, 3.8) is 0 Å². The summed E-state index contributed by atoms with van der Waals surface area (Å²) < 4.78 is 0. The smallest absolute Gasteiger partial charge is 0.0664 e. The monoisotopic (exact) mass is 248 g/mol. The van der Waals surface area contributed by atoms with Gasteiger partial charge in [0.05, 0.1) is 6.10 Å². The molecule has 0 saturated carbocycles. The first-order chi connectivity index (χ1) is 8.61. The molecular weight excluding hydrogens is 224 g/mol. The topological polar surface area (TPSA) is 26.7 Å². The van der Waals surface area contributed by atoms with Crippen LogP contribution in [0.5, 0.6) is 0 Å². The summed E-state index contributed by atoms with van der Waals surface area (Å²) in [6, 6.07) is 9.02. The molecule has 1 heterocycles. The average Bonchev–Trinajstić information content (AvgIpc) is 2.48. The third-order valence-corrected chi connectivity index (χ3v) is 3.85. The zero-order chi connectivity index (χ0) is 13.1. The molecule has 0 bridgehead atoms. The highest BCUT2D eigenvalue weighted by Gasteiger charge is 2.24. The normalized spacial score (nSPS) is 22.4. The maximum Gasteiger partial charge on any atom is 0.0664 e. The number of benzene rings is 1.